The molecule has 1 aliphatic heterocycles. The fraction of sp³-hybridized carbons (Fsp3) is 0.857. The van der Waals surface area contributed by atoms with Crippen LogP contribution < -0.4 is 11.5 Å². The molecule has 0 radical (unpaired) electrons. The van der Waals surface area contributed by atoms with Crippen LogP contribution in [0.25, 0.3) is 0 Å². The Bertz CT molecular complexity index is 317. The topological polar surface area (TPSA) is 130 Å². The number of amides is 4. The molecular formula is C14H28N4O6. The number of urea groups is 2. The summed E-state index contributed by atoms with van der Waals surface area (Å²) in [5.74, 6) is 0. The zero-order valence-corrected chi connectivity index (χ0v) is 14.0. The Balaban J connectivity index is 2.37. The molecule has 24 heavy (non-hydrogen) atoms. The Morgan fingerprint density at radius 2 is 0.792 bits per heavy atom. The Kier molecular flexibility index (Phi) is 10.9. The van der Waals surface area contributed by atoms with Crippen molar-refractivity contribution in [2.24, 2.45) is 11.5 Å². The third kappa shape index (κ3) is 9.50. The quantitative estimate of drug-likeness (QED) is 0.567. The van der Waals surface area contributed by atoms with Crippen molar-refractivity contribution in [1.82, 2.24) is 9.80 Å². The molecule has 0 spiro atoms. The van der Waals surface area contributed by atoms with Crippen LogP contribution >= 0.6 is 0 Å². The number of nitrogens with two attached hydrogens (primary N) is 2. The highest BCUT2D eigenvalue weighted by Gasteiger charge is 2.11. The predicted molar refractivity (Wildman–Crippen MR) is 85.6 cm³/mol. The average molecular weight is 348 g/mol. The van der Waals surface area contributed by atoms with Crippen molar-refractivity contribution in [2.75, 3.05) is 79.0 Å². The van der Waals surface area contributed by atoms with Crippen molar-refractivity contribution in [3.63, 3.8) is 0 Å². The van der Waals surface area contributed by atoms with Gasteiger partial charge in [0.25, 0.3) is 0 Å². The van der Waals surface area contributed by atoms with Crippen LogP contribution in [0.5, 0.6) is 0 Å². The number of nitrogens with zero attached hydrogens (tertiary/aromatic N) is 2. The molecule has 0 saturated carbocycles. The number of carbonyl (C=O) groups excluding carboxylic acids is 2. The van der Waals surface area contributed by atoms with Gasteiger partial charge in [-0.05, 0) is 0 Å². The van der Waals surface area contributed by atoms with Crippen molar-refractivity contribution in [2.45, 2.75) is 0 Å². The maximum atomic E-state index is 11.3. The van der Waals surface area contributed by atoms with Gasteiger partial charge < -0.3 is 40.2 Å². The van der Waals surface area contributed by atoms with Crippen molar-refractivity contribution >= 4 is 12.1 Å². The normalized spacial score (nSPS) is 20.8. The van der Waals surface area contributed by atoms with E-state index in [4.69, 9.17) is 30.4 Å². The first-order chi connectivity index (χ1) is 11.6. The van der Waals surface area contributed by atoms with Crippen LogP contribution in [0, 0.1) is 0 Å². The molecule has 10 nitrogen and oxygen atoms in total. The lowest BCUT2D eigenvalue weighted by Gasteiger charge is -2.21. The lowest BCUT2D eigenvalue weighted by atomic mass is 10.5. The van der Waals surface area contributed by atoms with E-state index < -0.39 is 12.1 Å². The Hall–Kier alpha value is -1.62. The number of rotatable bonds is 0. The van der Waals surface area contributed by atoms with Gasteiger partial charge in [0.15, 0.2) is 0 Å². The largest absolute Gasteiger partial charge is 0.377 e. The van der Waals surface area contributed by atoms with Gasteiger partial charge in [-0.15, -0.1) is 0 Å². The van der Waals surface area contributed by atoms with Gasteiger partial charge in [0.1, 0.15) is 0 Å². The fourth-order valence-electron chi connectivity index (χ4n) is 2.01. The molecular weight excluding hydrogens is 320 g/mol. The molecule has 0 aromatic rings. The van der Waals surface area contributed by atoms with E-state index in [2.05, 4.69) is 0 Å². The van der Waals surface area contributed by atoms with Gasteiger partial charge in [-0.1, -0.05) is 0 Å². The molecule has 1 fully saturated rings. The van der Waals surface area contributed by atoms with Crippen LogP contribution in [0.1, 0.15) is 0 Å². The molecule has 1 rings (SSSR count). The Labute approximate surface area is 141 Å². The van der Waals surface area contributed by atoms with E-state index in [1.807, 2.05) is 0 Å². The molecule has 0 unspecified atom stereocenters. The number of carbonyl (C=O) groups is 2. The molecule has 0 aromatic heterocycles. The van der Waals surface area contributed by atoms with Crippen molar-refractivity contribution < 1.29 is 28.5 Å². The molecule has 1 heterocycles. The molecule has 10 heteroatoms. The zero-order chi connectivity index (χ0) is 17.6. The number of ether oxygens (including phenoxy) is 4. The van der Waals surface area contributed by atoms with E-state index in [0.717, 1.165) is 0 Å². The van der Waals surface area contributed by atoms with Crippen molar-refractivity contribution in [3.8, 4) is 0 Å². The summed E-state index contributed by atoms with van der Waals surface area (Å²) >= 11 is 0. The van der Waals surface area contributed by atoms with Crippen LogP contribution in [0.15, 0.2) is 0 Å². The van der Waals surface area contributed by atoms with Crippen LogP contribution in [0.2, 0.25) is 0 Å². The number of primary amides is 2. The summed E-state index contributed by atoms with van der Waals surface area (Å²) in [6, 6.07) is -1.01. The predicted octanol–water partition coefficient (Wildman–Crippen LogP) is -1.17. The monoisotopic (exact) mass is 348 g/mol. The maximum Gasteiger partial charge on any atom is 0.314 e. The summed E-state index contributed by atoms with van der Waals surface area (Å²) in [4.78, 5) is 25.6. The molecule has 0 bridgehead atoms. The van der Waals surface area contributed by atoms with Gasteiger partial charge in [-0.3, -0.25) is 0 Å². The summed E-state index contributed by atoms with van der Waals surface area (Å²) in [5, 5.41) is 0. The first-order valence-corrected chi connectivity index (χ1v) is 8.01. The van der Waals surface area contributed by atoms with Crippen molar-refractivity contribution in [3.05, 3.63) is 0 Å². The first kappa shape index (κ1) is 20.4. The third-order valence-electron chi connectivity index (χ3n) is 3.39. The number of hydrogen-bond donors (Lipinski definition) is 2. The second-order valence-corrected chi connectivity index (χ2v) is 5.10. The summed E-state index contributed by atoms with van der Waals surface area (Å²) in [6.45, 7) is 4.60. The van der Waals surface area contributed by atoms with Gasteiger partial charge >= 0.3 is 12.1 Å². The SMILES string of the molecule is NC(=O)N1CCOCCOCCN(C(N)=O)CCOCCOCC1. The third-order valence-corrected chi connectivity index (χ3v) is 3.39. The molecule has 0 aliphatic carbocycles. The Morgan fingerprint density at radius 3 is 1.00 bits per heavy atom. The minimum absolute atomic E-state index is 0.364. The summed E-state index contributed by atoms with van der Waals surface area (Å²) in [6.07, 6.45) is 0. The van der Waals surface area contributed by atoms with E-state index >= 15 is 0 Å². The molecule has 0 atom stereocenters. The highest BCUT2D eigenvalue weighted by atomic mass is 16.5. The second-order valence-electron chi connectivity index (χ2n) is 5.10. The van der Waals surface area contributed by atoms with Crippen LogP contribution in [-0.4, -0.2) is 101 Å². The highest BCUT2D eigenvalue weighted by molar-refractivity contribution is 5.72. The van der Waals surface area contributed by atoms with Gasteiger partial charge in [-0.25, -0.2) is 9.59 Å². The maximum absolute atomic E-state index is 11.3. The van der Waals surface area contributed by atoms with Crippen LogP contribution in [-0.2, 0) is 18.9 Å². The van der Waals surface area contributed by atoms with E-state index in [0.29, 0.717) is 79.0 Å². The lowest BCUT2D eigenvalue weighted by molar-refractivity contribution is 0.0171. The summed E-state index contributed by atoms with van der Waals surface area (Å²) < 4.78 is 21.6. The van der Waals surface area contributed by atoms with E-state index in [1.165, 1.54) is 9.80 Å². The minimum atomic E-state index is -0.504. The van der Waals surface area contributed by atoms with Crippen LogP contribution in [0.4, 0.5) is 9.59 Å². The van der Waals surface area contributed by atoms with Gasteiger partial charge in [0, 0.05) is 26.2 Å². The highest BCUT2D eigenvalue weighted by Crippen LogP contribution is 1.93. The smallest absolute Gasteiger partial charge is 0.314 e. The van der Waals surface area contributed by atoms with Gasteiger partial charge in [0.05, 0.1) is 52.9 Å². The van der Waals surface area contributed by atoms with E-state index in [1.54, 1.807) is 0 Å². The molecule has 4 amide bonds. The number of hydrogen-bond acceptors (Lipinski definition) is 6. The second kappa shape index (κ2) is 12.8. The summed E-state index contributed by atoms with van der Waals surface area (Å²) in [7, 11) is 0. The lowest BCUT2D eigenvalue weighted by Crippen LogP contribution is -2.41. The average Bonchev–Trinajstić information content (AvgIpc) is 2.54. The van der Waals surface area contributed by atoms with Gasteiger partial charge in [-0.2, -0.15) is 0 Å². The van der Waals surface area contributed by atoms with Crippen LogP contribution in [0.3, 0.4) is 0 Å². The zero-order valence-electron chi connectivity index (χ0n) is 14.0. The van der Waals surface area contributed by atoms with E-state index in [-0.39, 0.29) is 0 Å². The summed E-state index contributed by atoms with van der Waals surface area (Å²) in [5.41, 5.74) is 10.6. The molecule has 0 aromatic carbocycles. The minimum Gasteiger partial charge on any atom is -0.377 e. The fourth-order valence-corrected chi connectivity index (χ4v) is 2.01. The first-order valence-electron chi connectivity index (χ1n) is 8.01. The molecule has 140 valence electrons. The molecule has 1 aliphatic rings. The van der Waals surface area contributed by atoms with Crippen molar-refractivity contribution in [1.29, 1.82) is 0 Å². The van der Waals surface area contributed by atoms with Gasteiger partial charge in [0.2, 0.25) is 0 Å². The Morgan fingerprint density at radius 1 is 0.542 bits per heavy atom. The molecule has 4 N–H and O–H groups in total. The molecule has 1 saturated heterocycles. The van der Waals surface area contributed by atoms with E-state index in [9.17, 15) is 9.59 Å². The standard InChI is InChI=1S/C14H28N4O6/c15-13(19)17-1-5-21-9-10-23-7-3-18(14(16)20)4-8-24-12-11-22-6-2-17/h1-12H2,(H2,15,19)(H2,16,20).